The Labute approximate surface area is 341 Å². The van der Waals surface area contributed by atoms with E-state index in [2.05, 4.69) is 11.4 Å². The third-order valence-corrected chi connectivity index (χ3v) is 10.8. The Morgan fingerprint density at radius 2 is 1.58 bits per heavy atom. The van der Waals surface area contributed by atoms with Crippen LogP contribution in [0.2, 0.25) is 10.0 Å². The van der Waals surface area contributed by atoms with E-state index in [9.17, 15) is 14.4 Å². The van der Waals surface area contributed by atoms with Crippen molar-refractivity contribution in [1.82, 2.24) is 10.2 Å². The number of anilines is 1. The van der Waals surface area contributed by atoms with Crippen LogP contribution in [0.3, 0.4) is 0 Å². The van der Waals surface area contributed by atoms with E-state index in [1.807, 2.05) is 54.6 Å². The number of hydrogen-bond acceptors (Lipinski definition) is 7. The first-order valence-corrected chi connectivity index (χ1v) is 19.3. The summed E-state index contributed by atoms with van der Waals surface area (Å²) in [6.45, 7) is 4.32. The van der Waals surface area contributed by atoms with Crippen molar-refractivity contribution in [2.24, 2.45) is 0 Å². The van der Waals surface area contributed by atoms with E-state index in [-0.39, 0.29) is 37.5 Å². The standard InChI is InChI=1S/C45H40Cl2N4O6/c1-27(2)56-45(54)51-25-35-23-41-39(50(3)44(53)42(57-41)33-13-15-36(16-14-33)55-26-30-8-17-37(46)38(47)20-30)21-34(35)22-40(51)43(52)49-19-18-28-4-9-31(10-5-28)32-11-6-29(24-48)7-12-32/h4-17,20-21,23,27,40,42H,18-19,22,25-26H2,1-3H3,(H,49,52). The molecule has 12 heteroatoms. The van der Waals surface area contributed by atoms with Gasteiger partial charge in [0.05, 0.1) is 40.0 Å². The number of amides is 3. The predicted octanol–water partition coefficient (Wildman–Crippen LogP) is 8.84. The lowest BCUT2D eigenvalue weighted by molar-refractivity contribution is -0.127. The van der Waals surface area contributed by atoms with Gasteiger partial charge < -0.3 is 24.4 Å². The minimum Gasteiger partial charge on any atom is -0.489 e. The Morgan fingerprint density at radius 1 is 0.895 bits per heavy atom. The first-order valence-electron chi connectivity index (χ1n) is 18.6. The molecule has 2 atom stereocenters. The maximum absolute atomic E-state index is 13.8. The van der Waals surface area contributed by atoms with E-state index in [0.717, 1.165) is 33.4 Å². The molecule has 0 fully saturated rings. The molecule has 0 spiro atoms. The summed E-state index contributed by atoms with van der Waals surface area (Å²) < 4.78 is 17.9. The van der Waals surface area contributed by atoms with E-state index >= 15 is 0 Å². The van der Waals surface area contributed by atoms with Gasteiger partial charge in [-0.25, -0.2) is 4.79 Å². The highest BCUT2D eigenvalue weighted by molar-refractivity contribution is 6.42. The molecule has 290 valence electrons. The zero-order valence-electron chi connectivity index (χ0n) is 31.6. The Morgan fingerprint density at radius 3 is 2.25 bits per heavy atom. The quantitative estimate of drug-likeness (QED) is 0.150. The molecule has 1 N–H and O–H groups in total. The van der Waals surface area contributed by atoms with Crippen molar-refractivity contribution in [3.05, 3.63) is 147 Å². The second-order valence-electron chi connectivity index (χ2n) is 14.3. The molecule has 7 rings (SSSR count). The van der Waals surface area contributed by atoms with Gasteiger partial charge in [-0.05, 0) is 102 Å². The molecule has 0 saturated carbocycles. The van der Waals surface area contributed by atoms with Gasteiger partial charge in [-0.2, -0.15) is 5.26 Å². The van der Waals surface area contributed by atoms with Crippen LogP contribution in [0.4, 0.5) is 10.5 Å². The second-order valence-corrected chi connectivity index (χ2v) is 15.1. The molecule has 0 aliphatic carbocycles. The molecule has 0 bridgehead atoms. The summed E-state index contributed by atoms with van der Waals surface area (Å²) in [5.41, 5.74) is 7.43. The third kappa shape index (κ3) is 8.86. The summed E-state index contributed by atoms with van der Waals surface area (Å²) in [5, 5.41) is 13.0. The molecular formula is C45H40Cl2N4O6. The summed E-state index contributed by atoms with van der Waals surface area (Å²) in [5.74, 6) is 0.561. The fourth-order valence-corrected chi connectivity index (χ4v) is 7.24. The molecule has 0 saturated heterocycles. The van der Waals surface area contributed by atoms with E-state index in [4.69, 9.17) is 42.7 Å². The second kappa shape index (κ2) is 17.0. The summed E-state index contributed by atoms with van der Waals surface area (Å²) >= 11 is 12.2. The Balaban J connectivity index is 1.03. The number of halogens is 2. The van der Waals surface area contributed by atoms with Gasteiger partial charge in [-0.1, -0.05) is 77.8 Å². The van der Waals surface area contributed by atoms with Gasteiger partial charge >= 0.3 is 6.09 Å². The minimum atomic E-state index is -0.902. The number of carbonyl (C=O) groups excluding carboxylic acids is 3. The molecule has 2 aliphatic heterocycles. The number of ether oxygens (including phenoxy) is 3. The van der Waals surface area contributed by atoms with Gasteiger partial charge in [0.2, 0.25) is 12.0 Å². The van der Waals surface area contributed by atoms with Crippen LogP contribution < -0.4 is 19.7 Å². The normalized spacial score (nSPS) is 15.9. The maximum atomic E-state index is 13.8. The highest BCUT2D eigenvalue weighted by Gasteiger charge is 2.39. The molecule has 0 aromatic heterocycles. The van der Waals surface area contributed by atoms with Crippen LogP contribution in [0.5, 0.6) is 11.5 Å². The van der Waals surface area contributed by atoms with E-state index in [0.29, 0.717) is 51.3 Å². The number of carbonyl (C=O) groups is 3. The lowest BCUT2D eigenvalue weighted by atomic mass is 9.92. The summed E-state index contributed by atoms with van der Waals surface area (Å²) in [4.78, 5) is 43.9. The number of benzene rings is 5. The molecular weight excluding hydrogens is 763 g/mol. The van der Waals surface area contributed by atoms with Gasteiger partial charge in [0.25, 0.3) is 5.91 Å². The van der Waals surface area contributed by atoms with Crippen molar-refractivity contribution in [3.8, 4) is 28.7 Å². The van der Waals surface area contributed by atoms with Gasteiger partial charge in [-0.3, -0.25) is 14.5 Å². The van der Waals surface area contributed by atoms with Crippen molar-refractivity contribution in [2.45, 2.75) is 58.1 Å². The lowest BCUT2D eigenvalue weighted by Gasteiger charge is -2.38. The van der Waals surface area contributed by atoms with Crippen LogP contribution in [0.25, 0.3) is 11.1 Å². The van der Waals surface area contributed by atoms with Crippen LogP contribution >= 0.6 is 23.2 Å². The molecule has 2 unspecified atom stereocenters. The lowest BCUT2D eigenvalue weighted by Crippen LogP contribution is -2.53. The molecule has 2 heterocycles. The highest BCUT2D eigenvalue weighted by Crippen LogP contribution is 2.42. The van der Waals surface area contributed by atoms with E-state index in [1.165, 1.54) is 4.90 Å². The molecule has 0 radical (unpaired) electrons. The van der Waals surface area contributed by atoms with Gasteiger partial charge in [0.15, 0.2) is 0 Å². The minimum absolute atomic E-state index is 0.125. The average molecular weight is 804 g/mol. The number of nitrogens with zero attached hydrogens (tertiary/aromatic N) is 3. The van der Waals surface area contributed by atoms with Crippen molar-refractivity contribution < 1.29 is 28.6 Å². The predicted molar refractivity (Wildman–Crippen MR) is 218 cm³/mol. The number of nitrogens with one attached hydrogen (secondary N) is 1. The van der Waals surface area contributed by atoms with Crippen molar-refractivity contribution in [3.63, 3.8) is 0 Å². The summed E-state index contributed by atoms with van der Waals surface area (Å²) in [7, 11) is 1.70. The van der Waals surface area contributed by atoms with Crippen molar-refractivity contribution in [1.29, 1.82) is 5.26 Å². The van der Waals surface area contributed by atoms with Crippen LogP contribution in [-0.2, 0) is 40.3 Å². The van der Waals surface area contributed by atoms with Crippen LogP contribution in [-0.4, -0.2) is 48.5 Å². The first-order chi connectivity index (χ1) is 27.5. The van der Waals surface area contributed by atoms with Crippen molar-refractivity contribution in [2.75, 3.05) is 18.5 Å². The molecule has 2 aliphatic rings. The monoisotopic (exact) mass is 802 g/mol. The van der Waals surface area contributed by atoms with E-state index < -0.39 is 18.2 Å². The van der Waals surface area contributed by atoms with Gasteiger partial charge in [0, 0.05) is 25.6 Å². The zero-order valence-corrected chi connectivity index (χ0v) is 33.1. The van der Waals surface area contributed by atoms with Crippen LogP contribution in [0, 0.1) is 11.3 Å². The maximum Gasteiger partial charge on any atom is 0.411 e. The van der Waals surface area contributed by atoms with Gasteiger partial charge in [0.1, 0.15) is 24.1 Å². The van der Waals surface area contributed by atoms with Crippen molar-refractivity contribution >= 4 is 46.8 Å². The summed E-state index contributed by atoms with van der Waals surface area (Å²) in [6, 6.07) is 33.0. The van der Waals surface area contributed by atoms with Gasteiger partial charge in [-0.15, -0.1) is 0 Å². The summed E-state index contributed by atoms with van der Waals surface area (Å²) in [6.07, 6.45) is -1.04. The first kappa shape index (κ1) is 39.2. The Hall–Kier alpha value is -6.02. The molecule has 3 amide bonds. The Bertz CT molecular complexity index is 2340. The SMILES string of the molecule is CC(C)OC(=O)N1Cc2cc3c(cc2CC1C(=O)NCCc1ccc(-c2ccc(C#N)cc2)cc1)N(C)C(=O)C(c1ccc(OCc2ccc(Cl)c(Cl)c2)cc1)O3. The largest absolute Gasteiger partial charge is 0.489 e. The fraction of sp³-hybridized carbons (Fsp3) is 0.244. The van der Waals surface area contributed by atoms with Crippen LogP contribution in [0.15, 0.2) is 103 Å². The molecule has 57 heavy (non-hydrogen) atoms. The topological polar surface area (TPSA) is 121 Å². The number of nitriles is 1. The zero-order chi connectivity index (χ0) is 40.2. The third-order valence-electron chi connectivity index (χ3n) is 10.0. The number of fused-ring (bicyclic) bond motifs is 2. The number of likely N-dealkylation sites (N-methyl/N-ethyl adjacent to an activating group) is 1. The molecule has 5 aromatic carbocycles. The van der Waals surface area contributed by atoms with Crippen LogP contribution in [0.1, 0.15) is 53.3 Å². The fourth-order valence-electron chi connectivity index (χ4n) is 6.92. The number of hydrogen-bond donors (Lipinski definition) is 1. The van der Waals surface area contributed by atoms with E-state index in [1.54, 1.807) is 74.3 Å². The smallest absolute Gasteiger partial charge is 0.411 e. The molecule has 10 nitrogen and oxygen atoms in total. The highest BCUT2D eigenvalue weighted by atomic mass is 35.5. The number of rotatable bonds is 10. The average Bonchev–Trinajstić information content (AvgIpc) is 3.21. The Kier molecular flexibility index (Phi) is 11.7. The molecule has 5 aromatic rings.